The fourth-order valence-electron chi connectivity index (χ4n) is 1.85. The molecule has 5 nitrogen and oxygen atoms in total. The molecule has 0 amide bonds. The molecule has 23 heavy (non-hydrogen) atoms. The van der Waals surface area contributed by atoms with E-state index in [0.717, 1.165) is 10.0 Å². The Hall–Kier alpha value is -2.18. The first kappa shape index (κ1) is 15.7. The Kier molecular flexibility index (Phi) is 4.73. The number of benzene rings is 2. The van der Waals surface area contributed by atoms with Crippen LogP contribution in [0.5, 0.6) is 0 Å². The molecule has 0 aliphatic rings. The second-order valence-corrected chi connectivity index (χ2v) is 5.89. The molecule has 0 aliphatic carbocycles. The Bertz CT molecular complexity index is 833. The predicted molar refractivity (Wildman–Crippen MR) is 88.0 cm³/mol. The molecule has 0 bridgehead atoms. The lowest BCUT2D eigenvalue weighted by molar-refractivity contribution is 0.0439. The highest BCUT2D eigenvalue weighted by molar-refractivity contribution is 9.10. The van der Waals surface area contributed by atoms with Gasteiger partial charge in [0.15, 0.2) is 6.61 Å². The smallest absolute Gasteiger partial charge is 0.340 e. The highest BCUT2D eigenvalue weighted by atomic mass is 79.9. The first-order valence-electron chi connectivity index (χ1n) is 6.63. The van der Waals surface area contributed by atoms with E-state index in [1.807, 2.05) is 24.3 Å². The maximum absolute atomic E-state index is 12.0. The van der Waals surface area contributed by atoms with E-state index in [4.69, 9.17) is 20.8 Å². The standard InChI is InChI=1S/C16H10BrClN2O3/c17-11-7-5-10(6-8-11)15-20-19-14(23-15)9-22-16(21)12-3-1-2-4-13(12)18/h1-8H,9H2. The van der Waals surface area contributed by atoms with Crippen molar-refractivity contribution in [2.24, 2.45) is 0 Å². The van der Waals surface area contributed by atoms with Crippen molar-refractivity contribution < 1.29 is 13.9 Å². The molecule has 0 radical (unpaired) electrons. The SMILES string of the molecule is O=C(OCc1nnc(-c2ccc(Br)cc2)o1)c1ccccc1Cl. The topological polar surface area (TPSA) is 65.2 Å². The molecule has 2 aromatic carbocycles. The average molecular weight is 394 g/mol. The number of carbonyl (C=O) groups excluding carboxylic acids is 1. The number of hydrogen-bond acceptors (Lipinski definition) is 5. The van der Waals surface area contributed by atoms with Crippen LogP contribution in [0, 0.1) is 0 Å². The summed E-state index contributed by atoms with van der Waals surface area (Å²) in [5, 5.41) is 8.13. The van der Waals surface area contributed by atoms with E-state index in [-0.39, 0.29) is 12.5 Å². The summed E-state index contributed by atoms with van der Waals surface area (Å²) in [6.45, 7) is -0.117. The molecule has 7 heteroatoms. The Morgan fingerprint density at radius 2 is 1.87 bits per heavy atom. The van der Waals surface area contributed by atoms with Gasteiger partial charge in [-0.3, -0.25) is 0 Å². The first-order chi connectivity index (χ1) is 11.1. The van der Waals surface area contributed by atoms with Crippen LogP contribution in [0.25, 0.3) is 11.5 Å². The van der Waals surface area contributed by atoms with E-state index < -0.39 is 5.97 Å². The summed E-state index contributed by atoms with van der Waals surface area (Å²) in [7, 11) is 0. The maximum atomic E-state index is 12.0. The van der Waals surface area contributed by atoms with Gasteiger partial charge >= 0.3 is 5.97 Å². The van der Waals surface area contributed by atoms with E-state index in [1.54, 1.807) is 24.3 Å². The van der Waals surface area contributed by atoms with Crippen molar-refractivity contribution in [3.63, 3.8) is 0 Å². The van der Waals surface area contributed by atoms with Crippen molar-refractivity contribution in [3.8, 4) is 11.5 Å². The van der Waals surface area contributed by atoms with Crippen molar-refractivity contribution >= 4 is 33.5 Å². The van der Waals surface area contributed by atoms with Crippen molar-refractivity contribution in [1.82, 2.24) is 10.2 Å². The van der Waals surface area contributed by atoms with Gasteiger partial charge in [-0.15, -0.1) is 10.2 Å². The summed E-state index contributed by atoms with van der Waals surface area (Å²) >= 11 is 9.30. The normalized spacial score (nSPS) is 10.5. The third-order valence-electron chi connectivity index (χ3n) is 2.98. The van der Waals surface area contributed by atoms with Crippen molar-refractivity contribution in [3.05, 3.63) is 69.5 Å². The number of carbonyl (C=O) groups is 1. The third-order valence-corrected chi connectivity index (χ3v) is 3.84. The number of rotatable bonds is 4. The van der Waals surface area contributed by atoms with Crippen molar-refractivity contribution in [2.45, 2.75) is 6.61 Å². The van der Waals surface area contributed by atoms with Gasteiger partial charge in [0.2, 0.25) is 5.89 Å². The van der Waals surface area contributed by atoms with Crippen LogP contribution in [-0.4, -0.2) is 16.2 Å². The molecule has 0 unspecified atom stereocenters. The number of ether oxygens (including phenoxy) is 1. The molecular weight excluding hydrogens is 384 g/mol. The molecule has 1 aromatic heterocycles. The highest BCUT2D eigenvalue weighted by Crippen LogP contribution is 2.21. The lowest BCUT2D eigenvalue weighted by Gasteiger charge is -2.03. The third kappa shape index (κ3) is 3.78. The van der Waals surface area contributed by atoms with E-state index in [2.05, 4.69) is 26.1 Å². The monoisotopic (exact) mass is 392 g/mol. The van der Waals surface area contributed by atoms with E-state index in [9.17, 15) is 4.79 Å². The molecular formula is C16H10BrClN2O3. The Morgan fingerprint density at radius 1 is 1.13 bits per heavy atom. The molecule has 0 saturated carbocycles. The molecule has 0 fully saturated rings. The Balaban J connectivity index is 1.67. The highest BCUT2D eigenvalue weighted by Gasteiger charge is 2.14. The lowest BCUT2D eigenvalue weighted by Crippen LogP contribution is -2.06. The zero-order valence-electron chi connectivity index (χ0n) is 11.7. The second kappa shape index (κ2) is 6.93. The average Bonchev–Trinajstić information content (AvgIpc) is 3.03. The van der Waals surface area contributed by atoms with Crippen LogP contribution in [0.4, 0.5) is 0 Å². The van der Waals surface area contributed by atoms with Crippen LogP contribution >= 0.6 is 27.5 Å². The van der Waals surface area contributed by atoms with Crippen LogP contribution in [0.2, 0.25) is 5.02 Å². The lowest BCUT2D eigenvalue weighted by atomic mass is 10.2. The van der Waals surface area contributed by atoms with Crippen molar-refractivity contribution in [2.75, 3.05) is 0 Å². The Morgan fingerprint density at radius 3 is 2.61 bits per heavy atom. The van der Waals surface area contributed by atoms with Gasteiger partial charge in [0.25, 0.3) is 5.89 Å². The minimum Gasteiger partial charge on any atom is -0.452 e. The maximum Gasteiger partial charge on any atom is 0.340 e. The van der Waals surface area contributed by atoms with E-state index in [0.29, 0.717) is 16.5 Å². The molecule has 3 rings (SSSR count). The van der Waals surface area contributed by atoms with Crippen molar-refractivity contribution in [1.29, 1.82) is 0 Å². The molecule has 0 spiro atoms. The summed E-state index contributed by atoms with van der Waals surface area (Å²) in [6.07, 6.45) is 0. The minimum absolute atomic E-state index is 0.117. The fraction of sp³-hybridized carbons (Fsp3) is 0.0625. The quantitative estimate of drug-likeness (QED) is 0.610. The summed E-state index contributed by atoms with van der Waals surface area (Å²) in [6, 6.07) is 14.1. The zero-order valence-corrected chi connectivity index (χ0v) is 14.0. The molecule has 0 aliphatic heterocycles. The molecule has 0 N–H and O–H groups in total. The summed E-state index contributed by atoms with van der Waals surface area (Å²) in [5.74, 6) is 0.0311. The number of hydrogen-bond donors (Lipinski definition) is 0. The van der Waals surface area contributed by atoms with Gasteiger partial charge in [-0.25, -0.2) is 4.79 Å². The fourth-order valence-corrected chi connectivity index (χ4v) is 2.33. The number of aromatic nitrogens is 2. The number of esters is 1. The van der Waals surface area contributed by atoms with Gasteiger partial charge < -0.3 is 9.15 Å². The van der Waals surface area contributed by atoms with Crippen LogP contribution < -0.4 is 0 Å². The van der Waals surface area contributed by atoms with Crippen LogP contribution in [-0.2, 0) is 11.3 Å². The number of halogens is 2. The van der Waals surface area contributed by atoms with Gasteiger partial charge in [-0.2, -0.15) is 0 Å². The molecule has 116 valence electrons. The molecule has 0 atom stereocenters. The molecule has 0 saturated heterocycles. The summed E-state index contributed by atoms with van der Waals surface area (Å²) in [5.41, 5.74) is 1.08. The van der Waals surface area contributed by atoms with Gasteiger partial charge in [0, 0.05) is 10.0 Å². The predicted octanol–water partition coefficient (Wildman–Crippen LogP) is 4.51. The molecule has 1 heterocycles. The van der Waals surface area contributed by atoms with E-state index >= 15 is 0 Å². The first-order valence-corrected chi connectivity index (χ1v) is 7.80. The van der Waals surface area contributed by atoms with Crippen LogP contribution in [0.15, 0.2) is 57.4 Å². The van der Waals surface area contributed by atoms with Gasteiger partial charge in [-0.05, 0) is 36.4 Å². The van der Waals surface area contributed by atoms with Gasteiger partial charge in [0.05, 0.1) is 10.6 Å². The Labute approximate surface area is 145 Å². The van der Waals surface area contributed by atoms with Crippen LogP contribution in [0.1, 0.15) is 16.2 Å². The van der Waals surface area contributed by atoms with Crippen LogP contribution in [0.3, 0.4) is 0 Å². The largest absolute Gasteiger partial charge is 0.452 e. The number of nitrogens with zero attached hydrogens (tertiary/aromatic N) is 2. The summed E-state index contributed by atoms with van der Waals surface area (Å²) in [4.78, 5) is 12.0. The van der Waals surface area contributed by atoms with Gasteiger partial charge in [0.1, 0.15) is 0 Å². The second-order valence-electron chi connectivity index (χ2n) is 4.56. The molecule has 3 aromatic rings. The zero-order chi connectivity index (χ0) is 16.2. The van der Waals surface area contributed by atoms with Gasteiger partial charge in [-0.1, -0.05) is 39.7 Å². The summed E-state index contributed by atoms with van der Waals surface area (Å²) < 4.78 is 11.6. The van der Waals surface area contributed by atoms with E-state index in [1.165, 1.54) is 0 Å². The minimum atomic E-state index is -0.543.